The molecule has 30 heavy (non-hydrogen) atoms. The van der Waals surface area contributed by atoms with Gasteiger partial charge in [-0.1, -0.05) is 42.5 Å². The summed E-state index contributed by atoms with van der Waals surface area (Å²) in [6, 6.07) is 12.0. The molecule has 1 aliphatic rings. The van der Waals surface area contributed by atoms with Crippen LogP contribution in [0.1, 0.15) is 36.9 Å². The molecule has 0 unspecified atom stereocenters. The molecule has 0 saturated carbocycles. The lowest BCUT2D eigenvalue weighted by molar-refractivity contribution is 0.202. The van der Waals surface area contributed by atoms with Crippen LogP contribution in [-0.4, -0.2) is 32.8 Å². The Labute approximate surface area is 182 Å². The Morgan fingerprint density at radius 1 is 1.17 bits per heavy atom. The third-order valence-corrected chi connectivity index (χ3v) is 5.97. The van der Waals surface area contributed by atoms with Crippen LogP contribution in [0.4, 0.5) is 0 Å². The number of pyridine rings is 1. The monoisotopic (exact) mass is 418 g/mol. The van der Waals surface area contributed by atoms with E-state index in [9.17, 15) is 0 Å². The quantitative estimate of drug-likeness (QED) is 0.626. The van der Waals surface area contributed by atoms with Crippen LogP contribution >= 0.6 is 11.6 Å². The van der Waals surface area contributed by atoms with Crippen LogP contribution in [0.3, 0.4) is 0 Å². The average Bonchev–Trinajstić information content (AvgIpc) is 3.14. The van der Waals surface area contributed by atoms with Gasteiger partial charge in [0.25, 0.3) is 0 Å². The molecule has 0 atom stereocenters. The van der Waals surface area contributed by atoms with Gasteiger partial charge in [0.15, 0.2) is 0 Å². The number of halogens is 1. The molecule has 5 heteroatoms. The van der Waals surface area contributed by atoms with Crippen LogP contribution in [0.15, 0.2) is 61.4 Å². The maximum Gasteiger partial charge on any atom is 0.0739 e. The summed E-state index contributed by atoms with van der Waals surface area (Å²) in [5.41, 5.74) is 3.46. The Morgan fingerprint density at radius 2 is 1.93 bits per heavy atom. The van der Waals surface area contributed by atoms with E-state index in [-0.39, 0.29) is 0 Å². The minimum Gasteiger partial charge on any atom is -0.299 e. The topological polar surface area (TPSA) is 34.0 Å². The molecule has 0 bridgehead atoms. The molecule has 0 radical (unpaired) electrons. The second kappa shape index (κ2) is 9.41. The zero-order chi connectivity index (χ0) is 20.9. The average molecular weight is 419 g/mol. The largest absolute Gasteiger partial charge is 0.299 e. The number of hydrogen-bond acceptors (Lipinski definition) is 3. The fourth-order valence-electron chi connectivity index (χ4n) is 4.22. The Morgan fingerprint density at radius 3 is 2.57 bits per heavy atom. The van der Waals surface area contributed by atoms with Crippen LogP contribution in [0.2, 0.25) is 5.02 Å². The van der Waals surface area contributed by atoms with E-state index < -0.39 is 0 Å². The predicted octanol–water partition coefficient (Wildman–Crippen LogP) is 4.07. The van der Waals surface area contributed by atoms with E-state index >= 15 is 0 Å². The highest BCUT2D eigenvalue weighted by atomic mass is 35.5. The highest BCUT2D eigenvalue weighted by Crippen LogP contribution is 2.26. The van der Waals surface area contributed by atoms with Gasteiger partial charge in [-0.25, -0.2) is 4.68 Å². The van der Waals surface area contributed by atoms with Gasteiger partial charge in [0.1, 0.15) is 0 Å². The molecule has 3 heterocycles. The van der Waals surface area contributed by atoms with E-state index in [4.69, 9.17) is 16.7 Å². The molecule has 154 valence electrons. The normalized spacial score (nSPS) is 16.9. The van der Waals surface area contributed by atoms with Gasteiger partial charge in [-0.2, -0.15) is 5.10 Å². The van der Waals surface area contributed by atoms with E-state index in [2.05, 4.69) is 41.6 Å². The van der Waals surface area contributed by atoms with Crippen LogP contribution in [-0.2, 0) is 6.54 Å². The SMILES string of the molecule is C=C/C=c1/c(C2CCN(Cc3cccnc3)CC2)nn(-c2ccc(Cl)cc2)/c1=C/C. The Balaban J connectivity index is 1.61. The van der Waals surface area contributed by atoms with E-state index in [1.807, 2.05) is 53.5 Å². The highest BCUT2D eigenvalue weighted by Gasteiger charge is 2.24. The number of hydrogen-bond donors (Lipinski definition) is 0. The van der Waals surface area contributed by atoms with E-state index in [1.165, 1.54) is 16.5 Å². The van der Waals surface area contributed by atoms with Gasteiger partial charge in [-0.05, 0) is 68.8 Å². The van der Waals surface area contributed by atoms with Crippen molar-refractivity contribution in [2.24, 2.45) is 0 Å². The molecule has 2 aromatic heterocycles. The first-order valence-electron chi connectivity index (χ1n) is 10.4. The van der Waals surface area contributed by atoms with E-state index in [0.29, 0.717) is 5.92 Å². The number of likely N-dealkylation sites (tertiary alicyclic amines) is 1. The minimum atomic E-state index is 0.439. The van der Waals surface area contributed by atoms with Crippen molar-refractivity contribution in [3.63, 3.8) is 0 Å². The Hall–Kier alpha value is -2.69. The molecular weight excluding hydrogens is 392 g/mol. The number of allylic oxidation sites excluding steroid dienone is 1. The fourth-order valence-corrected chi connectivity index (χ4v) is 4.35. The lowest BCUT2D eigenvalue weighted by atomic mass is 9.92. The molecule has 1 aliphatic heterocycles. The molecule has 4 rings (SSSR count). The van der Waals surface area contributed by atoms with Gasteiger partial charge in [0.2, 0.25) is 0 Å². The molecule has 0 amide bonds. The van der Waals surface area contributed by atoms with E-state index in [0.717, 1.165) is 48.5 Å². The predicted molar refractivity (Wildman–Crippen MR) is 124 cm³/mol. The van der Waals surface area contributed by atoms with Gasteiger partial charge < -0.3 is 0 Å². The van der Waals surface area contributed by atoms with Crippen molar-refractivity contribution in [3.8, 4) is 5.69 Å². The first-order chi connectivity index (χ1) is 14.7. The second-order valence-electron chi connectivity index (χ2n) is 7.68. The van der Waals surface area contributed by atoms with Crippen LogP contribution in [0.25, 0.3) is 17.8 Å². The molecule has 0 aliphatic carbocycles. The molecule has 1 aromatic carbocycles. The number of aromatic nitrogens is 3. The number of benzene rings is 1. The zero-order valence-electron chi connectivity index (χ0n) is 17.3. The maximum atomic E-state index is 6.09. The lowest BCUT2D eigenvalue weighted by Gasteiger charge is -2.31. The van der Waals surface area contributed by atoms with Crippen LogP contribution in [0, 0.1) is 0 Å². The van der Waals surface area contributed by atoms with Crippen molar-refractivity contribution in [3.05, 3.63) is 88.3 Å². The zero-order valence-corrected chi connectivity index (χ0v) is 18.1. The van der Waals surface area contributed by atoms with Gasteiger partial charge in [-0.3, -0.25) is 9.88 Å². The summed E-state index contributed by atoms with van der Waals surface area (Å²) >= 11 is 6.09. The molecule has 4 nitrogen and oxygen atoms in total. The van der Waals surface area contributed by atoms with Crippen molar-refractivity contribution in [1.82, 2.24) is 19.7 Å². The molecular formula is C25H27ClN4. The summed E-state index contributed by atoms with van der Waals surface area (Å²) in [5, 5.41) is 8.07. The van der Waals surface area contributed by atoms with Gasteiger partial charge in [0, 0.05) is 35.1 Å². The Kier molecular flexibility index (Phi) is 6.46. The first kappa shape index (κ1) is 20.6. The van der Waals surface area contributed by atoms with Gasteiger partial charge in [0.05, 0.1) is 16.7 Å². The van der Waals surface area contributed by atoms with Crippen molar-refractivity contribution in [2.45, 2.75) is 32.2 Å². The van der Waals surface area contributed by atoms with Crippen molar-refractivity contribution >= 4 is 23.8 Å². The second-order valence-corrected chi connectivity index (χ2v) is 8.11. The summed E-state index contributed by atoms with van der Waals surface area (Å²) in [4.78, 5) is 6.74. The summed E-state index contributed by atoms with van der Waals surface area (Å²) in [6.07, 6.45) is 12.0. The number of rotatable bonds is 5. The van der Waals surface area contributed by atoms with Crippen molar-refractivity contribution in [1.29, 1.82) is 0 Å². The minimum absolute atomic E-state index is 0.439. The fraction of sp³-hybridized carbons (Fsp3) is 0.280. The smallest absolute Gasteiger partial charge is 0.0739 e. The summed E-state index contributed by atoms with van der Waals surface area (Å²) in [6.45, 7) is 9.07. The molecule has 1 saturated heterocycles. The third kappa shape index (κ3) is 4.40. The van der Waals surface area contributed by atoms with E-state index in [1.54, 1.807) is 0 Å². The highest BCUT2D eigenvalue weighted by molar-refractivity contribution is 6.30. The number of piperidine rings is 1. The molecule has 1 fully saturated rings. The lowest BCUT2D eigenvalue weighted by Crippen LogP contribution is -2.35. The summed E-state index contributed by atoms with van der Waals surface area (Å²) < 4.78 is 2.03. The van der Waals surface area contributed by atoms with Crippen LogP contribution < -0.4 is 10.6 Å². The number of nitrogens with zero attached hydrogens (tertiary/aromatic N) is 4. The standard InChI is InChI=1S/C25H27ClN4/c1-3-6-23-24(4-2)30(22-10-8-21(26)9-11-22)28-25(23)20-12-15-29(16-13-20)18-19-7-5-14-27-17-19/h3-11,14,17,20H,1,12-13,15-16,18H2,2H3/b23-6+,24-4+. The summed E-state index contributed by atoms with van der Waals surface area (Å²) in [7, 11) is 0. The van der Waals surface area contributed by atoms with Gasteiger partial charge >= 0.3 is 0 Å². The third-order valence-electron chi connectivity index (χ3n) is 5.72. The first-order valence-corrected chi connectivity index (χ1v) is 10.8. The summed E-state index contributed by atoms with van der Waals surface area (Å²) in [5.74, 6) is 0.439. The molecule has 0 spiro atoms. The van der Waals surface area contributed by atoms with Crippen molar-refractivity contribution in [2.75, 3.05) is 13.1 Å². The van der Waals surface area contributed by atoms with Crippen LogP contribution in [0.5, 0.6) is 0 Å². The molecule has 3 aromatic rings. The van der Waals surface area contributed by atoms with Crippen molar-refractivity contribution < 1.29 is 0 Å². The Bertz CT molecular complexity index is 1110. The molecule has 0 N–H and O–H groups in total. The maximum absolute atomic E-state index is 6.09. The van der Waals surface area contributed by atoms with Gasteiger partial charge in [-0.15, -0.1) is 0 Å².